The first kappa shape index (κ1) is 18.5. The van der Waals surface area contributed by atoms with Gasteiger partial charge in [0.1, 0.15) is 22.5 Å². The number of nitrogens with zero attached hydrogens (tertiary/aromatic N) is 3. The maximum absolute atomic E-state index is 13.0. The normalized spacial score (nSPS) is 11.8. The van der Waals surface area contributed by atoms with Crippen molar-refractivity contribution in [2.75, 3.05) is 0 Å². The summed E-state index contributed by atoms with van der Waals surface area (Å²) in [6, 6.07) is 4.21. The first-order valence-electron chi connectivity index (χ1n) is 8.17. The lowest BCUT2D eigenvalue weighted by Gasteiger charge is -2.07. The molecule has 0 atom stereocenters. The first-order valence-corrected chi connectivity index (χ1v) is 8.17. The number of alkyl halides is 3. The van der Waals surface area contributed by atoms with Crippen LogP contribution in [0.1, 0.15) is 32.0 Å². The van der Waals surface area contributed by atoms with Gasteiger partial charge < -0.3 is 14.8 Å². The van der Waals surface area contributed by atoms with Gasteiger partial charge in [-0.15, -0.1) is 0 Å². The monoisotopic (exact) mass is 404 g/mol. The molecule has 4 aromatic rings. The Labute approximate surface area is 159 Å². The number of carboxylic acids is 1. The van der Waals surface area contributed by atoms with E-state index in [0.717, 1.165) is 6.07 Å². The fourth-order valence-electron chi connectivity index (χ4n) is 2.87. The summed E-state index contributed by atoms with van der Waals surface area (Å²) in [4.78, 5) is 27.8. The minimum atomic E-state index is -4.71. The number of halogens is 3. The van der Waals surface area contributed by atoms with Crippen molar-refractivity contribution in [1.29, 1.82) is 0 Å². The predicted octanol–water partition coefficient (Wildman–Crippen LogP) is 3.12. The van der Waals surface area contributed by atoms with E-state index in [2.05, 4.69) is 15.4 Å². The number of furan rings is 1. The Morgan fingerprint density at radius 1 is 1.21 bits per heavy atom. The Hall–Kier alpha value is -3.89. The molecule has 4 rings (SSSR count). The summed E-state index contributed by atoms with van der Waals surface area (Å²) in [6.45, 7) is -0.169. The molecule has 3 aromatic heterocycles. The standard InChI is InChI=1S/C18H11F3N4O4/c19-18(20,21)10-4-9-5-11(29-14(9)12(6-10)17(27)28)7-23-16(26)13-8-24-25-3-1-2-22-15(13)25/h1-6,8H,7H2,(H,23,26)(H,27,28). The Bertz CT molecular complexity index is 1260. The molecule has 0 aliphatic rings. The molecule has 2 N–H and O–H groups in total. The molecule has 0 saturated carbocycles. The van der Waals surface area contributed by atoms with Crippen molar-refractivity contribution in [2.45, 2.75) is 12.7 Å². The van der Waals surface area contributed by atoms with Gasteiger partial charge >= 0.3 is 12.1 Å². The maximum atomic E-state index is 13.0. The van der Waals surface area contributed by atoms with Gasteiger partial charge in [-0.05, 0) is 24.3 Å². The highest BCUT2D eigenvalue weighted by atomic mass is 19.4. The van der Waals surface area contributed by atoms with E-state index in [9.17, 15) is 27.9 Å². The maximum Gasteiger partial charge on any atom is 0.416 e. The number of hydrogen-bond acceptors (Lipinski definition) is 5. The van der Waals surface area contributed by atoms with Gasteiger partial charge in [-0.2, -0.15) is 18.3 Å². The molecule has 0 aliphatic carbocycles. The van der Waals surface area contributed by atoms with E-state index >= 15 is 0 Å². The van der Waals surface area contributed by atoms with Crippen molar-refractivity contribution >= 4 is 28.5 Å². The van der Waals surface area contributed by atoms with Crippen LogP contribution in [0.15, 0.2) is 47.3 Å². The zero-order valence-electron chi connectivity index (χ0n) is 14.4. The smallest absolute Gasteiger partial charge is 0.416 e. The van der Waals surface area contributed by atoms with E-state index in [1.807, 2.05) is 0 Å². The fourth-order valence-corrected chi connectivity index (χ4v) is 2.87. The van der Waals surface area contributed by atoms with Gasteiger partial charge in [0.15, 0.2) is 5.65 Å². The van der Waals surface area contributed by atoms with Crippen molar-refractivity contribution < 1.29 is 32.3 Å². The third-order valence-corrected chi connectivity index (χ3v) is 4.17. The van der Waals surface area contributed by atoms with E-state index in [1.165, 1.54) is 23.0 Å². The van der Waals surface area contributed by atoms with Crippen LogP contribution < -0.4 is 5.32 Å². The predicted molar refractivity (Wildman–Crippen MR) is 92.3 cm³/mol. The average molecular weight is 404 g/mol. The summed E-state index contributed by atoms with van der Waals surface area (Å²) in [5.41, 5.74) is -1.38. The average Bonchev–Trinajstić information content (AvgIpc) is 3.28. The topological polar surface area (TPSA) is 110 Å². The Morgan fingerprint density at radius 3 is 2.72 bits per heavy atom. The molecule has 29 heavy (non-hydrogen) atoms. The number of fused-ring (bicyclic) bond motifs is 2. The molecule has 0 unspecified atom stereocenters. The van der Waals surface area contributed by atoms with Crippen LogP contribution in [-0.2, 0) is 12.7 Å². The number of aromatic nitrogens is 3. The molecule has 0 aliphatic heterocycles. The van der Waals surface area contributed by atoms with Gasteiger partial charge in [-0.1, -0.05) is 0 Å². The molecular formula is C18H11F3N4O4. The Morgan fingerprint density at radius 2 is 2.00 bits per heavy atom. The summed E-state index contributed by atoms with van der Waals surface area (Å²) in [7, 11) is 0. The van der Waals surface area contributed by atoms with Crippen LogP contribution in [0, 0.1) is 0 Å². The lowest BCUT2D eigenvalue weighted by molar-refractivity contribution is -0.137. The molecular weight excluding hydrogens is 393 g/mol. The number of hydrogen-bond donors (Lipinski definition) is 2. The van der Waals surface area contributed by atoms with Crippen LogP contribution in [-0.4, -0.2) is 31.6 Å². The van der Waals surface area contributed by atoms with Crippen molar-refractivity contribution in [3.8, 4) is 0 Å². The molecule has 148 valence electrons. The zero-order chi connectivity index (χ0) is 20.8. The molecule has 0 radical (unpaired) electrons. The van der Waals surface area contributed by atoms with Gasteiger partial charge in [-0.25, -0.2) is 14.3 Å². The summed E-state index contributed by atoms with van der Waals surface area (Å²) < 4.78 is 45.8. The highest BCUT2D eigenvalue weighted by Gasteiger charge is 2.33. The van der Waals surface area contributed by atoms with E-state index < -0.39 is 29.2 Å². The number of carboxylic acid groups (broad SMARTS) is 1. The highest BCUT2D eigenvalue weighted by molar-refractivity contribution is 6.02. The number of amides is 1. The Balaban J connectivity index is 1.62. The summed E-state index contributed by atoms with van der Waals surface area (Å²) in [5, 5.41) is 15.7. The highest BCUT2D eigenvalue weighted by Crippen LogP contribution is 2.34. The van der Waals surface area contributed by atoms with Gasteiger partial charge in [0.2, 0.25) is 0 Å². The molecule has 11 heteroatoms. The van der Waals surface area contributed by atoms with Crippen LogP contribution in [0.4, 0.5) is 13.2 Å². The molecule has 1 amide bonds. The third kappa shape index (κ3) is 3.37. The van der Waals surface area contributed by atoms with Crippen molar-refractivity contribution in [2.24, 2.45) is 0 Å². The lowest BCUT2D eigenvalue weighted by Crippen LogP contribution is -2.22. The summed E-state index contributed by atoms with van der Waals surface area (Å²) >= 11 is 0. The van der Waals surface area contributed by atoms with Crippen molar-refractivity contribution in [1.82, 2.24) is 19.9 Å². The molecule has 0 fully saturated rings. The summed E-state index contributed by atoms with van der Waals surface area (Å²) in [5.74, 6) is -1.98. The Kier molecular flexibility index (Phi) is 4.22. The van der Waals surface area contributed by atoms with Crippen LogP contribution >= 0.6 is 0 Å². The third-order valence-electron chi connectivity index (χ3n) is 4.17. The number of carbonyl (C=O) groups excluding carboxylic acids is 1. The molecule has 1 aromatic carbocycles. The fraction of sp³-hybridized carbons (Fsp3) is 0.111. The number of carbonyl (C=O) groups is 2. The van der Waals surface area contributed by atoms with E-state index in [-0.39, 0.29) is 28.8 Å². The number of rotatable bonds is 4. The first-order chi connectivity index (χ1) is 13.7. The molecule has 8 nitrogen and oxygen atoms in total. The van der Waals surface area contributed by atoms with Gasteiger partial charge in [0, 0.05) is 17.8 Å². The van der Waals surface area contributed by atoms with Crippen LogP contribution in [0.3, 0.4) is 0 Å². The molecule has 3 heterocycles. The minimum absolute atomic E-state index is 0.0286. The molecule has 0 bridgehead atoms. The summed E-state index contributed by atoms with van der Waals surface area (Å²) in [6.07, 6.45) is -0.266. The molecule has 0 saturated heterocycles. The van der Waals surface area contributed by atoms with E-state index in [4.69, 9.17) is 4.42 Å². The SMILES string of the molecule is O=C(O)c1cc(C(F)(F)F)cc2cc(CNC(=O)c3cnn4cccnc34)oc12. The van der Waals surface area contributed by atoms with Gasteiger partial charge in [0.05, 0.1) is 18.3 Å². The second kappa shape index (κ2) is 6.62. The van der Waals surface area contributed by atoms with Crippen LogP contribution in [0.5, 0.6) is 0 Å². The lowest BCUT2D eigenvalue weighted by atomic mass is 10.1. The van der Waals surface area contributed by atoms with E-state index in [0.29, 0.717) is 11.7 Å². The van der Waals surface area contributed by atoms with Crippen LogP contribution in [0.2, 0.25) is 0 Å². The number of nitrogens with one attached hydrogen (secondary N) is 1. The van der Waals surface area contributed by atoms with E-state index in [1.54, 1.807) is 12.3 Å². The van der Waals surface area contributed by atoms with Crippen molar-refractivity contribution in [3.63, 3.8) is 0 Å². The quantitative estimate of drug-likeness (QED) is 0.541. The number of aromatic carboxylic acids is 1. The second-order valence-electron chi connectivity index (χ2n) is 6.09. The second-order valence-corrected chi connectivity index (χ2v) is 6.09. The number of benzene rings is 1. The van der Waals surface area contributed by atoms with Gasteiger partial charge in [-0.3, -0.25) is 4.79 Å². The molecule has 0 spiro atoms. The zero-order valence-corrected chi connectivity index (χ0v) is 14.4. The largest absolute Gasteiger partial charge is 0.478 e. The van der Waals surface area contributed by atoms with Crippen molar-refractivity contribution in [3.05, 3.63) is 65.3 Å². The van der Waals surface area contributed by atoms with Gasteiger partial charge in [0.25, 0.3) is 5.91 Å². The van der Waals surface area contributed by atoms with Crippen LogP contribution in [0.25, 0.3) is 16.6 Å². The minimum Gasteiger partial charge on any atom is -0.478 e.